The molecule has 106 valence electrons. The van der Waals surface area contributed by atoms with E-state index in [9.17, 15) is 10.1 Å². The van der Waals surface area contributed by atoms with Crippen LogP contribution < -0.4 is 10.6 Å². The van der Waals surface area contributed by atoms with Crippen LogP contribution >= 0.6 is 0 Å². The number of nitrogens with zero attached hydrogens (tertiary/aromatic N) is 3. The van der Waals surface area contributed by atoms with Crippen LogP contribution in [0.3, 0.4) is 0 Å². The SMILES string of the molecule is CCC(CC)C(C)Nc1nc(NC)ncc1[N+](=O)[O-]. The maximum atomic E-state index is 11.0. The fraction of sp³-hybridized carbons (Fsp3) is 0.667. The molecule has 1 rings (SSSR count). The zero-order valence-electron chi connectivity index (χ0n) is 11.8. The van der Waals surface area contributed by atoms with E-state index in [1.165, 1.54) is 6.20 Å². The van der Waals surface area contributed by atoms with Crippen molar-refractivity contribution in [1.29, 1.82) is 0 Å². The Kier molecular flexibility index (Phi) is 5.47. The average Bonchev–Trinajstić information content (AvgIpc) is 2.39. The number of hydrogen-bond acceptors (Lipinski definition) is 6. The van der Waals surface area contributed by atoms with Crippen molar-refractivity contribution in [1.82, 2.24) is 9.97 Å². The van der Waals surface area contributed by atoms with Gasteiger partial charge in [0.2, 0.25) is 11.8 Å². The maximum Gasteiger partial charge on any atom is 0.329 e. The molecule has 0 amide bonds. The van der Waals surface area contributed by atoms with E-state index < -0.39 is 4.92 Å². The second-order valence-corrected chi connectivity index (χ2v) is 4.44. The number of aromatic nitrogens is 2. The van der Waals surface area contributed by atoms with E-state index in [0.717, 1.165) is 12.8 Å². The van der Waals surface area contributed by atoms with Crippen molar-refractivity contribution in [2.24, 2.45) is 5.92 Å². The molecule has 0 aliphatic heterocycles. The predicted octanol–water partition coefficient (Wildman–Crippen LogP) is 2.66. The summed E-state index contributed by atoms with van der Waals surface area (Å²) < 4.78 is 0. The van der Waals surface area contributed by atoms with Crippen molar-refractivity contribution >= 4 is 17.5 Å². The summed E-state index contributed by atoms with van der Waals surface area (Å²) in [5, 5.41) is 16.9. The van der Waals surface area contributed by atoms with Gasteiger partial charge in [0.1, 0.15) is 6.20 Å². The molecular formula is C12H21N5O2. The van der Waals surface area contributed by atoms with Crippen molar-refractivity contribution < 1.29 is 4.92 Å². The number of hydrogen-bond donors (Lipinski definition) is 2. The molecule has 19 heavy (non-hydrogen) atoms. The molecule has 1 unspecified atom stereocenters. The molecule has 2 N–H and O–H groups in total. The van der Waals surface area contributed by atoms with E-state index >= 15 is 0 Å². The fourth-order valence-electron chi connectivity index (χ4n) is 2.07. The van der Waals surface area contributed by atoms with Gasteiger partial charge in [0.05, 0.1) is 4.92 Å². The summed E-state index contributed by atoms with van der Waals surface area (Å²) in [7, 11) is 1.68. The number of rotatable bonds is 7. The van der Waals surface area contributed by atoms with Crippen LogP contribution in [0.5, 0.6) is 0 Å². The van der Waals surface area contributed by atoms with Gasteiger partial charge in [-0.05, 0) is 12.8 Å². The lowest BCUT2D eigenvalue weighted by molar-refractivity contribution is -0.384. The molecule has 0 saturated carbocycles. The molecule has 7 nitrogen and oxygen atoms in total. The Morgan fingerprint density at radius 3 is 2.53 bits per heavy atom. The highest BCUT2D eigenvalue weighted by atomic mass is 16.6. The van der Waals surface area contributed by atoms with Crippen LogP contribution in [-0.4, -0.2) is 28.0 Å². The smallest absolute Gasteiger partial charge is 0.329 e. The second-order valence-electron chi connectivity index (χ2n) is 4.44. The van der Waals surface area contributed by atoms with Gasteiger partial charge in [-0.25, -0.2) is 4.98 Å². The minimum Gasteiger partial charge on any atom is -0.361 e. The van der Waals surface area contributed by atoms with Crippen LogP contribution in [0.4, 0.5) is 17.5 Å². The van der Waals surface area contributed by atoms with Gasteiger partial charge in [0, 0.05) is 13.1 Å². The first kappa shape index (κ1) is 15.1. The Balaban J connectivity index is 3.00. The molecule has 0 aliphatic rings. The normalized spacial score (nSPS) is 12.3. The highest BCUT2D eigenvalue weighted by molar-refractivity contribution is 5.57. The summed E-state index contributed by atoms with van der Waals surface area (Å²) in [6.07, 6.45) is 3.26. The lowest BCUT2D eigenvalue weighted by atomic mass is 9.95. The Labute approximate surface area is 113 Å². The third-order valence-electron chi connectivity index (χ3n) is 3.31. The quantitative estimate of drug-likeness (QED) is 0.582. The molecule has 0 aromatic carbocycles. The molecule has 0 aliphatic carbocycles. The monoisotopic (exact) mass is 267 g/mol. The third kappa shape index (κ3) is 3.77. The van der Waals surface area contributed by atoms with Crippen LogP contribution in [0.2, 0.25) is 0 Å². The van der Waals surface area contributed by atoms with Crippen LogP contribution in [0, 0.1) is 16.0 Å². The van der Waals surface area contributed by atoms with Gasteiger partial charge in [0.25, 0.3) is 0 Å². The summed E-state index contributed by atoms with van der Waals surface area (Å²) in [4.78, 5) is 18.5. The summed E-state index contributed by atoms with van der Waals surface area (Å²) in [5.74, 6) is 1.08. The van der Waals surface area contributed by atoms with E-state index in [1.54, 1.807) is 7.05 Å². The minimum absolute atomic E-state index is 0.100. The Bertz CT molecular complexity index is 434. The van der Waals surface area contributed by atoms with Crippen molar-refractivity contribution in [3.63, 3.8) is 0 Å². The number of anilines is 2. The van der Waals surface area contributed by atoms with Crippen LogP contribution in [0.15, 0.2) is 6.20 Å². The fourth-order valence-corrected chi connectivity index (χ4v) is 2.07. The third-order valence-corrected chi connectivity index (χ3v) is 3.31. The zero-order chi connectivity index (χ0) is 14.4. The van der Waals surface area contributed by atoms with E-state index in [4.69, 9.17) is 0 Å². The van der Waals surface area contributed by atoms with Crippen LogP contribution in [-0.2, 0) is 0 Å². The van der Waals surface area contributed by atoms with Gasteiger partial charge < -0.3 is 10.6 Å². The molecule has 1 aromatic heterocycles. The second kappa shape index (κ2) is 6.86. The Hall–Kier alpha value is -1.92. The van der Waals surface area contributed by atoms with E-state index in [1.807, 2.05) is 6.92 Å². The first-order valence-electron chi connectivity index (χ1n) is 6.49. The van der Waals surface area contributed by atoms with Gasteiger partial charge in [-0.1, -0.05) is 26.7 Å². The first-order valence-corrected chi connectivity index (χ1v) is 6.49. The summed E-state index contributed by atoms with van der Waals surface area (Å²) in [6, 6.07) is 0.119. The molecular weight excluding hydrogens is 246 g/mol. The van der Waals surface area contributed by atoms with Crippen LogP contribution in [0.25, 0.3) is 0 Å². The minimum atomic E-state index is -0.471. The predicted molar refractivity (Wildman–Crippen MR) is 75.4 cm³/mol. The largest absolute Gasteiger partial charge is 0.361 e. The number of nitrogens with one attached hydrogen (secondary N) is 2. The lowest BCUT2D eigenvalue weighted by Crippen LogP contribution is -2.26. The van der Waals surface area contributed by atoms with Gasteiger partial charge in [0.15, 0.2) is 0 Å². The number of nitro groups is 1. The molecule has 1 heterocycles. The Morgan fingerprint density at radius 2 is 2.05 bits per heavy atom. The molecule has 0 saturated heterocycles. The zero-order valence-corrected chi connectivity index (χ0v) is 11.8. The molecule has 0 bridgehead atoms. The lowest BCUT2D eigenvalue weighted by Gasteiger charge is -2.22. The summed E-state index contributed by atoms with van der Waals surface area (Å²) in [5.41, 5.74) is -0.100. The van der Waals surface area contributed by atoms with E-state index in [2.05, 4.69) is 34.4 Å². The van der Waals surface area contributed by atoms with Gasteiger partial charge in [-0.3, -0.25) is 10.1 Å². The Morgan fingerprint density at radius 1 is 1.42 bits per heavy atom. The average molecular weight is 267 g/mol. The summed E-state index contributed by atoms with van der Waals surface area (Å²) >= 11 is 0. The highest BCUT2D eigenvalue weighted by Crippen LogP contribution is 2.25. The van der Waals surface area contributed by atoms with Crippen molar-refractivity contribution in [3.8, 4) is 0 Å². The van der Waals surface area contributed by atoms with Crippen molar-refractivity contribution in [2.45, 2.75) is 39.7 Å². The van der Waals surface area contributed by atoms with Crippen LogP contribution in [0.1, 0.15) is 33.6 Å². The highest BCUT2D eigenvalue weighted by Gasteiger charge is 2.21. The summed E-state index contributed by atoms with van der Waals surface area (Å²) in [6.45, 7) is 6.24. The van der Waals surface area contributed by atoms with Crippen molar-refractivity contribution in [3.05, 3.63) is 16.3 Å². The molecule has 0 radical (unpaired) electrons. The van der Waals surface area contributed by atoms with E-state index in [0.29, 0.717) is 11.9 Å². The standard InChI is InChI=1S/C12H21N5O2/c1-5-9(6-2)8(3)15-11-10(17(18)19)7-14-12(13-4)16-11/h7-9H,5-6H2,1-4H3,(H2,13,14,15,16). The van der Waals surface area contributed by atoms with Gasteiger partial charge in [-0.15, -0.1) is 0 Å². The molecule has 7 heteroatoms. The first-order chi connectivity index (χ1) is 9.03. The molecule has 1 atom stereocenters. The molecule has 0 fully saturated rings. The maximum absolute atomic E-state index is 11.0. The van der Waals surface area contributed by atoms with Crippen molar-refractivity contribution in [2.75, 3.05) is 17.7 Å². The van der Waals surface area contributed by atoms with E-state index in [-0.39, 0.29) is 17.5 Å². The van der Waals surface area contributed by atoms with Gasteiger partial charge in [-0.2, -0.15) is 4.98 Å². The molecule has 1 aromatic rings. The van der Waals surface area contributed by atoms with Gasteiger partial charge >= 0.3 is 5.69 Å². The molecule has 0 spiro atoms. The topological polar surface area (TPSA) is 93.0 Å².